The Morgan fingerprint density at radius 2 is 0.786 bits per heavy atom. The number of rotatable bonds is 4. The summed E-state index contributed by atoms with van der Waals surface area (Å²) in [5, 5.41) is 9.21. The first-order chi connectivity index (χ1) is 20.6. The van der Waals surface area contributed by atoms with E-state index in [2.05, 4.69) is 109 Å². The van der Waals surface area contributed by atoms with E-state index in [1.165, 1.54) is 21.5 Å². The van der Waals surface area contributed by atoms with E-state index in [-0.39, 0.29) is 13.1 Å². The van der Waals surface area contributed by atoms with E-state index in [4.69, 9.17) is 34.6 Å². The summed E-state index contributed by atoms with van der Waals surface area (Å²) in [6.07, 6.45) is 0. The molecule has 208 valence electrons. The molecule has 0 radical (unpaired) electrons. The van der Waals surface area contributed by atoms with Gasteiger partial charge in [0, 0.05) is 21.5 Å². The van der Waals surface area contributed by atoms with E-state index in [1.54, 1.807) is 0 Å². The molecule has 0 aliphatic rings. The van der Waals surface area contributed by atoms with Gasteiger partial charge in [-0.2, -0.15) is 0 Å². The van der Waals surface area contributed by atoms with Crippen LogP contribution >= 0.6 is 20.2 Å². The number of aliphatic imine (C=N–C) groups is 2. The van der Waals surface area contributed by atoms with Crippen LogP contribution < -0.4 is 0 Å². The maximum atomic E-state index is 6.34. The van der Waals surface area contributed by atoms with Crippen LogP contribution in [-0.4, -0.2) is 11.4 Å². The fraction of sp³-hybridized carbons (Fsp3) is 0.0556. The van der Waals surface area contributed by atoms with Crippen molar-refractivity contribution in [1.29, 1.82) is 0 Å². The Labute approximate surface area is 259 Å². The molecule has 0 saturated carbocycles. The third-order valence-corrected chi connectivity index (χ3v) is 7.36. The summed E-state index contributed by atoms with van der Waals surface area (Å²) in [7, 11) is 9.53. The Kier molecular flexibility index (Phi) is 8.41. The molecule has 0 saturated heterocycles. The Bertz CT molecular complexity index is 1870. The molecule has 0 atom stereocenters. The van der Waals surface area contributed by atoms with Crippen molar-refractivity contribution < 1.29 is 17.6 Å². The van der Waals surface area contributed by atoms with Gasteiger partial charge in [0.05, 0.1) is 22.8 Å². The van der Waals surface area contributed by atoms with Crippen LogP contribution in [0, 0.1) is 0 Å². The molecule has 6 heteroatoms. The van der Waals surface area contributed by atoms with E-state index < -0.39 is 0 Å². The number of benzene rings is 6. The number of nitrogens with zero attached hydrogens (tertiary/aromatic N) is 2. The Balaban J connectivity index is 0.00000101. The summed E-state index contributed by atoms with van der Waals surface area (Å²) in [5.74, 6) is 1.47. The molecule has 0 unspecified atom stereocenters. The molecule has 0 spiro atoms. The fourth-order valence-electron chi connectivity index (χ4n) is 5.39. The molecule has 0 bridgehead atoms. The maximum absolute atomic E-state index is 6.34. The van der Waals surface area contributed by atoms with Gasteiger partial charge in [-0.05, 0) is 59.7 Å². The van der Waals surface area contributed by atoms with Crippen molar-refractivity contribution in [3.05, 3.63) is 133 Å². The molecule has 0 aliphatic heterocycles. The SMILES string of the molecule is CC(=Nc1c2ccccc2cc2ccccc12)c1ccc(C(C)=Nc2c3ccccc3cc3ccccc23)o1.[Cl][Fe][Cl]. The molecule has 0 aliphatic carbocycles. The van der Waals surface area contributed by atoms with Gasteiger partial charge in [-0.3, -0.25) is 0 Å². The third kappa shape index (κ3) is 5.60. The predicted octanol–water partition coefficient (Wildman–Crippen LogP) is 11.6. The fourth-order valence-corrected chi connectivity index (χ4v) is 5.39. The molecule has 1 aromatic heterocycles. The van der Waals surface area contributed by atoms with Crippen molar-refractivity contribution in [2.75, 3.05) is 0 Å². The van der Waals surface area contributed by atoms with Crippen molar-refractivity contribution in [1.82, 2.24) is 0 Å². The minimum absolute atomic E-state index is 0.194. The van der Waals surface area contributed by atoms with Gasteiger partial charge in [0.1, 0.15) is 11.5 Å². The number of halogens is 2. The summed E-state index contributed by atoms with van der Waals surface area (Å²) in [4.78, 5) is 10.2. The average molecular weight is 629 g/mol. The zero-order chi connectivity index (χ0) is 29.1. The van der Waals surface area contributed by atoms with Crippen LogP contribution in [0.15, 0.2) is 136 Å². The van der Waals surface area contributed by atoms with E-state index in [1.807, 2.05) is 26.0 Å². The molecule has 1 heterocycles. The van der Waals surface area contributed by atoms with Gasteiger partial charge in [-0.15, -0.1) is 0 Å². The van der Waals surface area contributed by atoms with Gasteiger partial charge in [0.2, 0.25) is 0 Å². The topological polar surface area (TPSA) is 37.9 Å². The molecule has 0 amide bonds. The third-order valence-electron chi connectivity index (χ3n) is 7.36. The molecule has 3 nitrogen and oxygen atoms in total. The number of hydrogen-bond acceptors (Lipinski definition) is 3. The van der Waals surface area contributed by atoms with Crippen molar-refractivity contribution in [3.63, 3.8) is 0 Å². The quantitative estimate of drug-likeness (QED) is 0.108. The van der Waals surface area contributed by atoms with Gasteiger partial charge >= 0.3 is 33.3 Å². The normalized spacial score (nSPS) is 12.3. The van der Waals surface area contributed by atoms with Gasteiger partial charge in [0.25, 0.3) is 0 Å². The minimum atomic E-state index is 0.194. The molecular weight excluding hydrogens is 603 g/mol. The molecule has 7 rings (SSSR count). The Hall–Kier alpha value is -3.92. The molecule has 42 heavy (non-hydrogen) atoms. The second-order valence-electron chi connectivity index (χ2n) is 9.94. The van der Waals surface area contributed by atoms with Crippen LogP contribution in [0.25, 0.3) is 43.1 Å². The summed E-state index contributed by atoms with van der Waals surface area (Å²) in [6, 6.07) is 42.0. The molecular formula is C36H26Cl2FeN2O. The Morgan fingerprint density at radius 3 is 1.10 bits per heavy atom. The van der Waals surface area contributed by atoms with Crippen LogP contribution in [0.5, 0.6) is 0 Å². The van der Waals surface area contributed by atoms with Crippen molar-refractivity contribution >= 4 is 86.1 Å². The van der Waals surface area contributed by atoms with E-state index in [0.29, 0.717) is 0 Å². The van der Waals surface area contributed by atoms with E-state index >= 15 is 0 Å². The van der Waals surface area contributed by atoms with Gasteiger partial charge in [-0.1, -0.05) is 97.1 Å². The van der Waals surface area contributed by atoms with Crippen molar-refractivity contribution in [2.24, 2.45) is 9.98 Å². The molecule has 0 fully saturated rings. The first-order valence-corrected chi connectivity index (χ1v) is 16.5. The number of furan rings is 1. The average Bonchev–Trinajstić information content (AvgIpc) is 3.52. The molecule has 7 aromatic rings. The Morgan fingerprint density at radius 1 is 0.500 bits per heavy atom. The zero-order valence-corrected chi connectivity index (χ0v) is 25.6. The summed E-state index contributed by atoms with van der Waals surface area (Å²) >= 11 is 0.194. The summed E-state index contributed by atoms with van der Waals surface area (Å²) < 4.78 is 6.34. The van der Waals surface area contributed by atoms with Crippen molar-refractivity contribution in [2.45, 2.75) is 13.8 Å². The first-order valence-electron chi connectivity index (χ1n) is 13.4. The van der Waals surface area contributed by atoms with Crippen LogP contribution in [0.3, 0.4) is 0 Å². The van der Waals surface area contributed by atoms with Crippen LogP contribution in [-0.2, 0) is 13.1 Å². The summed E-state index contributed by atoms with van der Waals surface area (Å²) in [5.41, 5.74) is 3.58. The van der Waals surface area contributed by atoms with E-state index in [9.17, 15) is 0 Å². The predicted molar refractivity (Wildman–Crippen MR) is 177 cm³/mol. The number of fused-ring (bicyclic) bond motifs is 4. The van der Waals surface area contributed by atoms with Crippen LogP contribution in [0.4, 0.5) is 11.4 Å². The van der Waals surface area contributed by atoms with Gasteiger partial charge < -0.3 is 4.42 Å². The first kappa shape index (κ1) is 28.2. The molecule has 0 N–H and O–H groups in total. The summed E-state index contributed by atoms with van der Waals surface area (Å²) in [6.45, 7) is 4.01. The van der Waals surface area contributed by atoms with E-state index in [0.717, 1.165) is 55.9 Å². The second-order valence-corrected chi connectivity index (χ2v) is 11.8. The van der Waals surface area contributed by atoms with Gasteiger partial charge in [-0.25, -0.2) is 9.98 Å². The monoisotopic (exact) mass is 628 g/mol. The zero-order valence-electron chi connectivity index (χ0n) is 23.0. The standard InChI is InChI=1S/C36H26N2O.2ClH.Fe/c1-23(37-35-29-15-7-3-11-25(29)21-26-12-4-8-16-30(26)35)33-19-20-34(39-33)24(2)38-36-31-17-9-5-13-27(31)22-28-14-6-10-18-32(28)36;;;/h3-22H,1-2H3;2*1H;/q;;;+2/p-2. The number of hydrogen-bond donors (Lipinski definition) is 0. The van der Waals surface area contributed by atoms with Crippen LogP contribution in [0.2, 0.25) is 0 Å². The van der Waals surface area contributed by atoms with Gasteiger partial charge in [0.15, 0.2) is 0 Å². The van der Waals surface area contributed by atoms with Crippen molar-refractivity contribution in [3.8, 4) is 0 Å². The molecule has 6 aromatic carbocycles. The second kappa shape index (κ2) is 12.5. The van der Waals surface area contributed by atoms with Crippen LogP contribution in [0.1, 0.15) is 25.4 Å².